The van der Waals surface area contributed by atoms with Crippen molar-refractivity contribution in [2.24, 2.45) is 0 Å². The van der Waals surface area contributed by atoms with E-state index in [0.29, 0.717) is 25.9 Å². The van der Waals surface area contributed by atoms with Gasteiger partial charge < -0.3 is 10.0 Å². The number of carbonyl (C=O) groups is 1. The van der Waals surface area contributed by atoms with Gasteiger partial charge in [0.15, 0.2) is 0 Å². The molecule has 0 aromatic heterocycles. The topological polar surface area (TPSA) is 40.5 Å². The van der Waals surface area contributed by atoms with Crippen LogP contribution in [0.15, 0.2) is 30.3 Å². The molecule has 0 aliphatic rings. The second kappa shape index (κ2) is 10.4. The summed E-state index contributed by atoms with van der Waals surface area (Å²) < 4.78 is 0. The van der Waals surface area contributed by atoms with Gasteiger partial charge in [-0.25, -0.2) is 0 Å². The van der Waals surface area contributed by atoms with E-state index in [0.717, 1.165) is 18.4 Å². The van der Waals surface area contributed by atoms with Crippen LogP contribution in [-0.2, 0) is 11.3 Å². The molecule has 1 aromatic rings. The second-order valence-electron chi connectivity index (χ2n) is 5.19. The molecule has 0 bridgehead atoms. The average molecular weight is 277 g/mol. The summed E-state index contributed by atoms with van der Waals surface area (Å²) in [4.78, 5) is 14.1. The van der Waals surface area contributed by atoms with Crippen LogP contribution in [0.1, 0.15) is 51.0 Å². The lowest BCUT2D eigenvalue weighted by Crippen LogP contribution is -2.31. The van der Waals surface area contributed by atoms with Crippen molar-refractivity contribution in [3.63, 3.8) is 0 Å². The van der Waals surface area contributed by atoms with Crippen molar-refractivity contribution in [3.8, 4) is 0 Å². The van der Waals surface area contributed by atoms with Gasteiger partial charge in [-0.3, -0.25) is 4.79 Å². The maximum atomic E-state index is 12.3. The monoisotopic (exact) mass is 277 g/mol. The van der Waals surface area contributed by atoms with Gasteiger partial charge in [-0.1, -0.05) is 56.5 Å². The minimum absolute atomic E-state index is 0.133. The Morgan fingerprint density at radius 1 is 1.10 bits per heavy atom. The van der Waals surface area contributed by atoms with Crippen LogP contribution in [0.5, 0.6) is 0 Å². The summed E-state index contributed by atoms with van der Waals surface area (Å²) in [6, 6.07) is 10.0. The van der Waals surface area contributed by atoms with E-state index in [1.165, 1.54) is 12.8 Å². The van der Waals surface area contributed by atoms with Crippen molar-refractivity contribution in [2.45, 2.75) is 52.0 Å². The van der Waals surface area contributed by atoms with E-state index in [2.05, 4.69) is 6.92 Å². The first-order valence-corrected chi connectivity index (χ1v) is 7.70. The summed E-state index contributed by atoms with van der Waals surface area (Å²) >= 11 is 0. The number of nitrogens with zero attached hydrogens (tertiary/aromatic N) is 1. The molecule has 0 atom stereocenters. The summed E-state index contributed by atoms with van der Waals surface area (Å²) in [6.45, 7) is 3.59. The first kappa shape index (κ1) is 16.7. The van der Waals surface area contributed by atoms with E-state index in [4.69, 9.17) is 5.11 Å². The zero-order valence-electron chi connectivity index (χ0n) is 12.6. The van der Waals surface area contributed by atoms with Gasteiger partial charge in [-0.05, 0) is 18.4 Å². The van der Waals surface area contributed by atoms with E-state index < -0.39 is 0 Å². The highest BCUT2D eigenvalue weighted by Crippen LogP contribution is 2.10. The van der Waals surface area contributed by atoms with Gasteiger partial charge in [0.05, 0.1) is 0 Å². The minimum atomic E-state index is 0.133. The highest BCUT2D eigenvalue weighted by Gasteiger charge is 2.13. The Hall–Kier alpha value is -1.35. The number of hydrogen-bond donors (Lipinski definition) is 1. The molecule has 0 fully saturated rings. The number of aliphatic hydroxyl groups excluding tert-OH is 1. The Morgan fingerprint density at radius 2 is 1.85 bits per heavy atom. The molecule has 1 rings (SSSR count). The van der Waals surface area contributed by atoms with E-state index in [9.17, 15) is 4.79 Å². The fraction of sp³-hybridized carbons (Fsp3) is 0.588. The summed E-state index contributed by atoms with van der Waals surface area (Å²) in [6.07, 6.45) is 5.75. The Labute approximate surface area is 122 Å². The summed E-state index contributed by atoms with van der Waals surface area (Å²) in [5.74, 6) is 0.207. The third kappa shape index (κ3) is 6.71. The maximum Gasteiger partial charge on any atom is 0.222 e. The number of benzene rings is 1. The zero-order chi connectivity index (χ0) is 14.6. The quantitative estimate of drug-likeness (QED) is 0.666. The van der Waals surface area contributed by atoms with Crippen LogP contribution >= 0.6 is 0 Å². The molecule has 3 nitrogen and oxygen atoms in total. The number of rotatable bonds is 10. The third-order valence-corrected chi connectivity index (χ3v) is 3.40. The van der Waals surface area contributed by atoms with Crippen LogP contribution in [0.4, 0.5) is 0 Å². The minimum Gasteiger partial charge on any atom is -0.396 e. The summed E-state index contributed by atoms with van der Waals surface area (Å²) in [5, 5.41) is 8.97. The molecule has 0 radical (unpaired) electrons. The Morgan fingerprint density at radius 3 is 2.50 bits per heavy atom. The van der Waals surface area contributed by atoms with Gasteiger partial charge >= 0.3 is 0 Å². The summed E-state index contributed by atoms with van der Waals surface area (Å²) in [7, 11) is 0. The fourth-order valence-electron chi connectivity index (χ4n) is 2.22. The Bertz CT molecular complexity index is 365. The van der Waals surface area contributed by atoms with E-state index in [-0.39, 0.29) is 12.5 Å². The van der Waals surface area contributed by atoms with Crippen LogP contribution in [0.2, 0.25) is 0 Å². The van der Waals surface area contributed by atoms with Crippen LogP contribution in [0, 0.1) is 0 Å². The lowest BCUT2D eigenvalue weighted by Gasteiger charge is -2.22. The highest BCUT2D eigenvalue weighted by atomic mass is 16.3. The molecule has 112 valence electrons. The standard InChI is InChI=1S/C17H27NO2/c1-2-3-4-8-12-17(20)18(13-9-14-19)15-16-10-6-5-7-11-16/h5-7,10-11,19H,2-4,8-9,12-15H2,1H3. The molecule has 0 unspecified atom stereocenters. The number of unbranched alkanes of at least 4 members (excludes halogenated alkanes) is 3. The van der Waals surface area contributed by atoms with E-state index >= 15 is 0 Å². The molecule has 3 heteroatoms. The Kier molecular flexibility index (Phi) is 8.72. The van der Waals surface area contributed by atoms with Gasteiger partial charge in [0, 0.05) is 26.1 Å². The smallest absolute Gasteiger partial charge is 0.222 e. The highest BCUT2D eigenvalue weighted by molar-refractivity contribution is 5.76. The Balaban J connectivity index is 2.47. The first-order valence-electron chi connectivity index (χ1n) is 7.70. The van der Waals surface area contributed by atoms with Crippen LogP contribution < -0.4 is 0 Å². The molecular weight excluding hydrogens is 250 g/mol. The van der Waals surface area contributed by atoms with Crippen LogP contribution in [0.25, 0.3) is 0 Å². The largest absolute Gasteiger partial charge is 0.396 e. The average Bonchev–Trinajstić information content (AvgIpc) is 2.48. The normalized spacial score (nSPS) is 10.5. The molecule has 1 aromatic carbocycles. The SMILES string of the molecule is CCCCCCC(=O)N(CCCO)Cc1ccccc1. The molecule has 20 heavy (non-hydrogen) atoms. The lowest BCUT2D eigenvalue weighted by atomic mass is 10.1. The van der Waals surface area contributed by atoms with Crippen LogP contribution in [0.3, 0.4) is 0 Å². The molecule has 0 spiro atoms. The molecule has 0 saturated heterocycles. The van der Waals surface area contributed by atoms with Crippen LogP contribution in [-0.4, -0.2) is 29.1 Å². The third-order valence-electron chi connectivity index (χ3n) is 3.40. The van der Waals surface area contributed by atoms with Crippen molar-refractivity contribution in [3.05, 3.63) is 35.9 Å². The molecule has 0 saturated carbocycles. The van der Waals surface area contributed by atoms with Gasteiger partial charge in [-0.2, -0.15) is 0 Å². The molecule has 1 N–H and O–H groups in total. The molecule has 1 amide bonds. The lowest BCUT2D eigenvalue weighted by molar-refractivity contribution is -0.132. The van der Waals surface area contributed by atoms with Crippen molar-refractivity contribution < 1.29 is 9.90 Å². The molecular formula is C17H27NO2. The van der Waals surface area contributed by atoms with Crippen molar-refractivity contribution in [2.75, 3.05) is 13.2 Å². The predicted molar refractivity (Wildman–Crippen MR) is 82.3 cm³/mol. The first-order chi connectivity index (χ1) is 9.77. The molecule has 0 aliphatic heterocycles. The maximum absolute atomic E-state index is 12.3. The van der Waals surface area contributed by atoms with Crippen molar-refractivity contribution in [1.82, 2.24) is 4.90 Å². The van der Waals surface area contributed by atoms with Crippen molar-refractivity contribution >= 4 is 5.91 Å². The fourth-order valence-corrected chi connectivity index (χ4v) is 2.22. The number of aliphatic hydroxyl groups is 1. The van der Waals surface area contributed by atoms with Gasteiger partial charge in [-0.15, -0.1) is 0 Å². The number of hydrogen-bond acceptors (Lipinski definition) is 2. The number of amides is 1. The van der Waals surface area contributed by atoms with Gasteiger partial charge in [0.1, 0.15) is 0 Å². The molecule has 0 heterocycles. The predicted octanol–water partition coefficient (Wildman–Crippen LogP) is 3.37. The molecule has 0 aliphatic carbocycles. The van der Waals surface area contributed by atoms with Gasteiger partial charge in [0.2, 0.25) is 5.91 Å². The van der Waals surface area contributed by atoms with E-state index in [1.54, 1.807) is 0 Å². The summed E-state index contributed by atoms with van der Waals surface area (Å²) in [5.41, 5.74) is 1.15. The van der Waals surface area contributed by atoms with Crippen molar-refractivity contribution in [1.29, 1.82) is 0 Å². The number of carbonyl (C=O) groups excluding carboxylic acids is 1. The van der Waals surface area contributed by atoms with Gasteiger partial charge in [0.25, 0.3) is 0 Å². The second-order valence-corrected chi connectivity index (χ2v) is 5.19. The zero-order valence-corrected chi connectivity index (χ0v) is 12.6. The van der Waals surface area contributed by atoms with E-state index in [1.807, 2.05) is 35.2 Å².